The van der Waals surface area contributed by atoms with E-state index in [2.05, 4.69) is 16.0 Å². The Hall–Kier alpha value is -1.18. The Morgan fingerprint density at radius 1 is 1.15 bits per heavy atom. The van der Waals surface area contributed by atoms with Crippen molar-refractivity contribution >= 4 is 11.8 Å². The smallest absolute Gasteiger partial charge is 0.246 e. The minimum Gasteiger partial charge on any atom is -0.383 e. The highest BCUT2D eigenvalue weighted by atomic mass is 16.5. The van der Waals surface area contributed by atoms with E-state index in [0.29, 0.717) is 19.7 Å². The second kappa shape index (κ2) is 10.6. The molecule has 7 nitrogen and oxygen atoms in total. The van der Waals surface area contributed by atoms with Crippen LogP contribution in [0, 0.1) is 0 Å². The van der Waals surface area contributed by atoms with Gasteiger partial charge >= 0.3 is 0 Å². The molecule has 0 aromatic carbocycles. The van der Waals surface area contributed by atoms with E-state index in [1.165, 1.54) is 0 Å². The van der Waals surface area contributed by atoms with Gasteiger partial charge in [0, 0.05) is 26.6 Å². The maximum absolute atomic E-state index is 11.5. The second-order valence-corrected chi connectivity index (χ2v) is 4.70. The Morgan fingerprint density at radius 3 is 2.55 bits per heavy atom. The van der Waals surface area contributed by atoms with E-state index in [-0.39, 0.29) is 30.9 Å². The van der Waals surface area contributed by atoms with Crippen LogP contribution >= 0.6 is 0 Å². The minimum atomic E-state index is -0.173. The van der Waals surface area contributed by atoms with Crippen molar-refractivity contribution in [2.75, 3.05) is 46.5 Å². The molecule has 116 valence electrons. The fourth-order valence-electron chi connectivity index (χ4n) is 1.90. The van der Waals surface area contributed by atoms with Crippen molar-refractivity contribution in [1.29, 1.82) is 0 Å². The van der Waals surface area contributed by atoms with Crippen molar-refractivity contribution in [2.45, 2.75) is 25.4 Å². The molecule has 1 fully saturated rings. The van der Waals surface area contributed by atoms with Crippen molar-refractivity contribution in [3.63, 3.8) is 0 Å². The molecule has 0 unspecified atom stereocenters. The molecule has 0 radical (unpaired) electrons. The summed E-state index contributed by atoms with van der Waals surface area (Å²) in [7, 11) is 1.58. The fourth-order valence-corrected chi connectivity index (χ4v) is 1.90. The molecule has 3 N–H and O–H groups in total. The number of methoxy groups -OCH3 is 1. The first kappa shape index (κ1) is 16.9. The number of rotatable bonds is 9. The molecule has 1 rings (SSSR count). The van der Waals surface area contributed by atoms with E-state index in [0.717, 1.165) is 25.9 Å². The molecule has 1 saturated heterocycles. The molecule has 0 spiro atoms. The zero-order valence-electron chi connectivity index (χ0n) is 12.1. The SMILES string of the molecule is COCCNC(=O)CCNC(=O)COC1CCNCC1. The highest BCUT2D eigenvalue weighted by molar-refractivity contribution is 5.79. The summed E-state index contributed by atoms with van der Waals surface area (Å²) in [5.74, 6) is -0.269. The molecule has 1 heterocycles. The van der Waals surface area contributed by atoms with E-state index < -0.39 is 0 Å². The summed E-state index contributed by atoms with van der Waals surface area (Å²) in [6, 6.07) is 0. The number of hydrogen-bond donors (Lipinski definition) is 3. The van der Waals surface area contributed by atoms with Gasteiger partial charge in [-0.25, -0.2) is 0 Å². The Labute approximate surface area is 119 Å². The van der Waals surface area contributed by atoms with E-state index in [4.69, 9.17) is 9.47 Å². The number of amides is 2. The number of piperidine rings is 1. The molecule has 2 amide bonds. The molecule has 7 heteroatoms. The van der Waals surface area contributed by atoms with Crippen molar-refractivity contribution in [1.82, 2.24) is 16.0 Å². The van der Waals surface area contributed by atoms with Gasteiger partial charge in [0.1, 0.15) is 6.61 Å². The lowest BCUT2D eigenvalue weighted by molar-refractivity contribution is -0.128. The maximum atomic E-state index is 11.5. The van der Waals surface area contributed by atoms with Gasteiger partial charge in [0.25, 0.3) is 0 Å². The van der Waals surface area contributed by atoms with Crippen LogP contribution in [0.3, 0.4) is 0 Å². The molecule has 0 aromatic heterocycles. The van der Waals surface area contributed by atoms with Gasteiger partial charge < -0.3 is 25.4 Å². The van der Waals surface area contributed by atoms with Crippen molar-refractivity contribution in [3.8, 4) is 0 Å². The summed E-state index contributed by atoms with van der Waals surface area (Å²) >= 11 is 0. The number of carbonyl (C=O) groups excluding carboxylic acids is 2. The zero-order chi connectivity index (χ0) is 14.6. The molecule has 20 heavy (non-hydrogen) atoms. The van der Waals surface area contributed by atoms with Gasteiger partial charge in [-0.2, -0.15) is 0 Å². The predicted molar refractivity (Wildman–Crippen MR) is 74.4 cm³/mol. The quantitative estimate of drug-likeness (QED) is 0.475. The summed E-state index contributed by atoms with van der Waals surface area (Å²) < 4.78 is 10.3. The van der Waals surface area contributed by atoms with Gasteiger partial charge in [-0.15, -0.1) is 0 Å². The van der Waals surface area contributed by atoms with Gasteiger partial charge in [0.05, 0.1) is 12.7 Å². The monoisotopic (exact) mass is 287 g/mol. The van der Waals surface area contributed by atoms with Crippen LogP contribution in [-0.2, 0) is 19.1 Å². The molecular formula is C13H25N3O4. The van der Waals surface area contributed by atoms with Crippen LogP contribution in [0.5, 0.6) is 0 Å². The van der Waals surface area contributed by atoms with Gasteiger partial charge in [-0.1, -0.05) is 0 Å². The number of ether oxygens (including phenoxy) is 2. The largest absolute Gasteiger partial charge is 0.383 e. The highest BCUT2D eigenvalue weighted by Gasteiger charge is 2.14. The lowest BCUT2D eigenvalue weighted by Gasteiger charge is -2.22. The van der Waals surface area contributed by atoms with Crippen LogP contribution in [0.1, 0.15) is 19.3 Å². The summed E-state index contributed by atoms with van der Waals surface area (Å²) in [5, 5.41) is 8.60. The third-order valence-electron chi connectivity index (χ3n) is 3.04. The third-order valence-corrected chi connectivity index (χ3v) is 3.04. The Kier molecular flexibility index (Phi) is 8.93. The summed E-state index contributed by atoms with van der Waals surface area (Å²) in [6.45, 7) is 3.25. The molecule has 1 aliphatic heterocycles. The molecule has 1 aliphatic rings. The molecule has 0 aliphatic carbocycles. The first-order chi connectivity index (χ1) is 9.72. The summed E-state index contributed by atoms with van der Waals surface area (Å²) in [6.07, 6.45) is 2.31. The lowest BCUT2D eigenvalue weighted by atomic mass is 10.1. The van der Waals surface area contributed by atoms with Gasteiger partial charge in [-0.3, -0.25) is 9.59 Å². The first-order valence-electron chi connectivity index (χ1n) is 7.07. The Balaban J connectivity index is 1.97. The van der Waals surface area contributed by atoms with E-state index >= 15 is 0 Å². The predicted octanol–water partition coefficient (Wildman–Crippen LogP) is -0.976. The van der Waals surface area contributed by atoms with Crippen LogP contribution in [0.15, 0.2) is 0 Å². The highest BCUT2D eigenvalue weighted by Crippen LogP contribution is 2.06. The minimum absolute atomic E-state index is 0.0654. The molecular weight excluding hydrogens is 262 g/mol. The summed E-state index contributed by atoms with van der Waals surface area (Å²) in [4.78, 5) is 22.9. The molecule has 0 aromatic rings. The van der Waals surface area contributed by atoms with Gasteiger partial charge in [0.15, 0.2) is 0 Å². The van der Waals surface area contributed by atoms with E-state index in [1.807, 2.05) is 0 Å². The summed E-state index contributed by atoms with van der Waals surface area (Å²) in [5.41, 5.74) is 0. The Bertz CT molecular complexity index is 293. The van der Waals surface area contributed by atoms with E-state index in [1.54, 1.807) is 7.11 Å². The Morgan fingerprint density at radius 2 is 1.85 bits per heavy atom. The van der Waals surface area contributed by atoms with Crippen LogP contribution in [0.2, 0.25) is 0 Å². The average molecular weight is 287 g/mol. The van der Waals surface area contributed by atoms with Crippen LogP contribution in [0.4, 0.5) is 0 Å². The van der Waals surface area contributed by atoms with Gasteiger partial charge in [0.2, 0.25) is 11.8 Å². The first-order valence-corrected chi connectivity index (χ1v) is 7.07. The molecule has 0 bridgehead atoms. The number of hydrogen-bond acceptors (Lipinski definition) is 5. The van der Waals surface area contributed by atoms with Crippen LogP contribution in [0.25, 0.3) is 0 Å². The van der Waals surface area contributed by atoms with Crippen LogP contribution in [-0.4, -0.2) is 64.4 Å². The van der Waals surface area contributed by atoms with Gasteiger partial charge in [-0.05, 0) is 25.9 Å². The standard InChI is InChI=1S/C13H25N3O4/c1-19-9-8-16-12(17)4-7-15-13(18)10-20-11-2-5-14-6-3-11/h11,14H,2-10H2,1H3,(H,15,18)(H,16,17). The van der Waals surface area contributed by atoms with Crippen molar-refractivity contribution in [2.24, 2.45) is 0 Å². The normalized spacial score (nSPS) is 15.8. The van der Waals surface area contributed by atoms with Crippen LogP contribution < -0.4 is 16.0 Å². The average Bonchev–Trinajstić information content (AvgIpc) is 2.46. The number of nitrogens with one attached hydrogen (secondary N) is 3. The third kappa shape index (κ3) is 8.08. The maximum Gasteiger partial charge on any atom is 0.246 e. The van der Waals surface area contributed by atoms with Crippen molar-refractivity contribution in [3.05, 3.63) is 0 Å². The number of carbonyl (C=O) groups is 2. The molecule has 0 atom stereocenters. The molecule has 0 saturated carbocycles. The van der Waals surface area contributed by atoms with E-state index in [9.17, 15) is 9.59 Å². The van der Waals surface area contributed by atoms with Crippen molar-refractivity contribution < 1.29 is 19.1 Å². The zero-order valence-corrected chi connectivity index (χ0v) is 12.1. The lowest BCUT2D eigenvalue weighted by Crippen LogP contribution is -2.37. The second-order valence-electron chi connectivity index (χ2n) is 4.70. The fraction of sp³-hybridized carbons (Fsp3) is 0.846. The topological polar surface area (TPSA) is 88.7 Å².